The molecular formula is C27H26ClNO5. The summed E-state index contributed by atoms with van der Waals surface area (Å²) in [6.45, 7) is 0.966. The third-order valence-corrected chi connectivity index (χ3v) is 5.04. The smallest absolute Gasteiger partial charge is 0.253 e. The monoisotopic (exact) mass is 479 g/mol. The predicted octanol–water partition coefficient (Wildman–Crippen LogP) is 4.81. The van der Waals surface area contributed by atoms with Gasteiger partial charge in [-0.3, -0.25) is 4.79 Å². The van der Waals surface area contributed by atoms with Gasteiger partial charge in [-0.1, -0.05) is 60.0 Å². The maximum Gasteiger partial charge on any atom is 0.253 e. The molecule has 0 aliphatic rings. The van der Waals surface area contributed by atoms with Crippen molar-refractivity contribution in [2.75, 3.05) is 26.9 Å². The number of hydrogen-bond acceptors (Lipinski definition) is 5. The Morgan fingerprint density at radius 1 is 1.03 bits per heavy atom. The number of terminal acetylenes is 1. The van der Waals surface area contributed by atoms with Gasteiger partial charge < -0.3 is 24.3 Å². The Morgan fingerprint density at radius 3 is 2.50 bits per heavy atom. The maximum absolute atomic E-state index is 12.6. The maximum atomic E-state index is 12.6. The Kier molecular flexibility index (Phi) is 9.65. The zero-order valence-electron chi connectivity index (χ0n) is 18.8. The van der Waals surface area contributed by atoms with E-state index in [2.05, 4.69) is 11.2 Å². The SMILES string of the molecule is C#CCOC(C(=O)NCCOc1ccc(OCc2ccccc2)c(OC)c1)c1ccc(Cl)cc1. The average Bonchev–Trinajstić information content (AvgIpc) is 2.87. The molecule has 0 aliphatic carbocycles. The van der Waals surface area contributed by atoms with E-state index in [1.54, 1.807) is 49.6 Å². The van der Waals surface area contributed by atoms with Crippen LogP contribution in [0.15, 0.2) is 72.8 Å². The van der Waals surface area contributed by atoms with Gasteiger partial charge >= 0.3 is 0 Å². The van der Waals surface area contributed by atoms with Crippen LogP contribution in [-0.2, 0) is 16.1 Å². The first-order valence-corrected chi connectivity index (χ1v) is 11.0. The van der Waals surface area contributed by atoms with Gasteiger partial charge in [0.05, 0.1) is 13.7 Å². The van der Waals surface area contributed by atoms with Crippen LogP contribution in [0.25, 0.3) is 0 Å². The highest BCUT2D eigenvalue weighted by molar-refractivity contribution is 6.30. The molecule has 1 amide bonds. The first-order valence-electron chi connectivity index (χ1n) is 10.7. The number of rotatable bonds is 12. The standard InChI is InChI=1S/C27H26ClNO5/c1-3-16-33-26(21-9-11-22(28)12-10-21)27(30)29-15-17-32-23-13-14-24(25(18-23)31-2)34-19-20-7-5-4-6-8-20/h1,4-14,18,26H,15-17,19H2,2H3,(H,29,30). The van der Waals surface area contributed by atoms with E-state index in [1.165, 1.54) is 0 Å². The summed E-state index contributed by atoms with van der Waals surface area (Å²) in [6.07, 6.45) is 4.44. The molecule has 3 aromatic rings. The quantitative estimate of drug-likeness (QED) is 0.298. The number of ether oxygens (including phenoxy) is 4. The van der Waals surface area contributed by atoms with Gasteiger partial charge in [-0.15, -0.1) is 6.42 Å². The molecule has 0 heterocycles. The van der Waals surface area contributed by atoms with Crippen LogP contribution < -0.4 is 19.5 Å². The van der Waals surface area contributed by atoms with Crippen molar-refractivity contribution in [2.45, 2.75) is 12.7 Å². The highest BCUT2D eigenvalue weighted by atomic mass is 35.5. The zero-order valence-corrected chi connectivity index (χ0v) is 19.6. The number of carbonyl (C=O) groups excluding carboxylic acids is 1. The summed E-state index contributed by atoms with van der Waals surface area (Å²) >= 11 is 5.93. The second-order valence-electron chi connectivity index (χ2n) is 7.17. The van der Waals surface area contributed by atoms with Crippen molar-refractivity contribution >= 4 is 17.5 Å². The number of nitrogens with one attached hydrogen (secondary N) is 1. The Hall–Kier alpha value is -3.66. The van der Waals surface area contributed by atoms with Gasteiger partial charge in [-0.05, 0) is 35.4 Å². The lowest BCUT2D eigenvalue weighted by Gasteiger charge is -2.17. The molecule has 7 heteroatoms. The minimum absolute atomic E-state index is 0.00962. The van der Waals surface area contributed by atoms with Crippen molar-refractivity contribution in [1.82, 2.24) is 5.32 Å². The lowest BCUT2D eigenvalue weighted by molar-refractivity contribution is -0.132. The van der Waals surface area contributed by atoms with Crippen LogP contribution in [0.4, 0.5) is 0 Å². The van der Waals surface area contributed by atoms with Crippen molar-refractivity contribution in [3.05, 3.63) is 88.9 Å². The van der Waals surface area contributed by atoms with Crippen LogP contribution in [-0.4, -0.2) is 32.8 Å². The van der Waals surface area contributed by atoms with E-state index in [1.807, 2.05) is 30.3 Å². The molecule has 6 nitrogen and oxygen atoms in total. The molecular weight excluding hydrogens is 454 g/mol. The molecule has 0 fully saturated rings. The largest absolute Gasteiger partial charge is 0.493 e. The Morgan fingerprint density at radius 2 is 1.79 bits per heavy atom. The first kappa shape index (κ1) is 25.0. The van der Waals surface area contributed by atoms with Crippen molar-refractivity contribution in [3.63, 3.8) is 0 Å². The molecule has 1 atom stereocenters. The van der Waals surface area contributed by atoms with Crippen molar-refractivity contribution < 1.29 is 23.7 Å². The van der Waals surface area contributed by atoms with E-state index in [0.717, 1.165) is 5.56 Å². The molecule has 1 unspecified atom stereocenters. The highest BCUT2D eigenvalue weighted by Crippen LogP contribution is 2.32. The summed E-state index contributed by atoms with van der Waals surface area (Å²) in [5, 5.41) is 3.38. The van der Waals surface area contributed by atoms with Crippen LogP contribution in [0.5, 0.6) is 17.2 Å². The number of carbonyl (C=O) groups is 1. The molecule has 3 aromatic carbocycles. The molecule has 0 aromatic heterocycles. The summed E-state index contributed by atoms with van der Waals surface area (Å²) in [5.74, 6) is 3.83. The van der Waals surface area contributed by atoms with E-state index in [4.69, 9.17) is 37.0 Å². The Labute approximate surface area is 204 Å². The van der Waals surface area contributed by atoms with Crippen LogP contribution in [0.2, 0.25) is 5.02 Å². The predicted molar refractivity (Wildman–Crippen MR) is 131 cm³/mol. The number of benzene rings is 3. The molecule has 0 saturated heterocycles. The fourth-order valence-corrected chi connectivity index (χ4v) is 3.25. The second kappa shape index (κ2) is 13.1. The summed E-state index contributed by atoms with van der Waals surface area (Å²) in [5.41, 5.74) is 1.72. The number of amides is 1. The van der Waals surface area contributed by atoms with E-state index < -0.39 is 6.10 Å². The van der Waals surface area contributed by atoms with E-state index in [9.17, 15) is 4.79 Å². The first-order chi connectivity index (χ1) is 16.6. The normalized spacial score (nSPS) is 11.2. The molecule has 34 heavy (non-hydrogen) atoms. The number of hydrogen-bond donors (Lipinski definition) is 1. The van der Waals surface area contributed by atoms with E-state index in [0.29, 0.717) is 34.4 Å². The molecule has 0 aliphatic heterocycles. The lowest BCUT2D eigenvalue weighted by Crippen LogP contribution is -2.34. The van der Waals surface area contributed by atoms with Crippen molar-refractivity contribution in [2.24, 2.45) is 0 Å². The Bertz CT molecular complexity index is 1100. The Balaban J connectivity index is 1.51. The van der Waals surface area contributed by atoms with Crippen LogP contribution >= 0.6 is 11.6 Å². The molecule has 1 N–H and O–H groups in total. The van der Waals surface area contributed by atoms with Crippen LogP contribution in [0.1, 0.15) is 17.2 Å². The van der Waals surface area contributed by atoms with Crippen LogP contribution in [0.3, 0.4) is 0 Å². The second-order valence-corrected chi connectivity index (χ2v) is 7.61. The molecule has 0 spiro atoms. The topological polar surface area (TPSA) is 66.0 Å². The molecule has 0 bridgehead atoms. The van der Waals surface area contributed by atoms with Gasteiger partial charge in [0.1, 0.15) is 25.6 Å². The molecule has 176 valence electrons. The third kappa shape index (κ3) is 7.45. The fourth-order valence-electron chi connectivity index (χ4n) is 3.12. The number of halogens is 1. The highest BCUT2D eigenvalue weighted by Gasteiger charge is 2.21. The summed E-state index contributed by atoms with van der Waals surface area (Å²) in [7, 11) is 1.57. The minimum Gasteiger partial charge on any atom is -0.493 e. The third-order valence-electron chi connectivity index (χ3n) is 4.79. The summed E-state index contributed by atoms with van der Waals surface area (Å²) in [4.78, 5) is 12.6. The van der Waals surface area contributed by atoms with Crippen LogP contribution in [0, 0.1) is 12.3 Å². The fraction of sp³-hybridized carbons (Fsp3) is 0.222. The van der Waals surface area contributed by atoms with Gasteiger partial charge in [-0.25, -0.2) is 0 Å². The minimum atomic E-state index is -0.838. The van der Waals surface area contributed by atoms with Gasteiger partial charge in [0.15, 0.2) is 17.6 Å². The molecule has 0 radical (unpaired) electrons. The summed E-state index contributed by atoms with van der Waals surface area (Å²) in [6, 6.07) is 22.0. The van der Waals surface area contributed by atoms with Crippen molar-refractivity contribution in [1.29, 1.82) is 0 Å². The van der Waals surface area contributed by atoms with E-state index >= 15 is 0 Å². The van der Waals surface area contributed by atoms with Gasteiger partial charge in [0.2, 0.25) is 0 Å². The summed E-state index contributed by atoms with van der Waals surface area (Å²) < 4.78 is 22.6. The van der Waals surface area contributed by atoms with Gasteiger partial charge in [0, 0.05) is 11.1 Å². The molecule has 0 saturated carbocycles. The lowest BCUT2D eigenvalue weighted by atomic mass is 10.1. The van der Waals surface area contributed by atoms with Crippen molar-refractivity contribution in [3.8, 4) is 29.6 Å². The number of methoxy groups -OCH3 is 1. The van der Waals surface area contributed by atoms with E-state index in [-0.39, 0.29) is 25.7 Å². The molecule has 3 rings (SSSR count). The van der Waals surface area contributed by atoms with Gasteiger partial charge in [0.25, 0.3) is 5.91 Å². The zero-order chi connectivity index (χ0) is 24.2. The average molecular weight is 480 g/mol. The van der Waals surface area contributed by atoms with Gasteiger partial charge in [-0.2, -0.15) is 0 Å².